The molecule has 2 aromatic rings. The Bertz CT molecular complexity index is 1120. The van der Waals surface area contributed by atoms with Crippen molar-refractivity contribution in [3.05, 3.63) is 64.2 Å². The van der Waals surface area contributed by atoms with Crippen LogP contribution in [0.3, 0.4) is 0 Å². The fourth-order valence-corrected chi connectivity index (χ4v) is 5.64. The van der Waals surface area contributed by atoms with E-state index in [9.17, 15) is 15.2 Å². The van der Waals surface area contributed by atoms with Crippen LogP contribution >= 0.6 is 11.8 Å². The molecule has 7 nitrogen and oxygen atoms in total. The van der Waals surface area contributed by atoms with Gasteiger partial charge in [0.05, 0.1) is 42.7 Å². The normalized spacial score (nSPS) is 22.1. The predicted octanol–water partition coefficient (Wildman–Crippen LogP) is 4.14. The smallest absolute Gasteiger partial charge is 0.231 e. The quantitative estimate of drug-likeness (QED) is 0.656. The maximum atomic E-state index is 13.3. The van der Waals surface area contributed by atoms with E-state index < -0.39 is 11.6 Å². The molecule has 1 saturated heterocycles. The molecule has 2 atom stereocenters. The zero-order chi connectivity index (χ0) is 23.6. The summed E-state index contributed by atoms with van der Waals surface area (Å²) in [6.07, 6.45) is 0.0728. The first-order valence-electron chi connectivity index (χ1n) is 10.8. The van der Waals surface area contributed by atoms with E-state index in [0.29, 0.717) is 46.6 Å². The summed E-state index contributed by atoms with van der Waals surface area (Å²) in [5, 5.41) is 22.1. The van der Waals surface area contributed by atoms with Crippen molar-refractivity contribution < 1.29 is 24.1 Å². The molecule has 1 fully saturated rings. The van der Waals surface area contributed by atoms with Crippen LogP contribution in [0, 0.1) is 11.3 Å². The number of ether oxygens (including phenoxy) is 3. The minimum absolute atomic E-state index is 0.0728. The standard InChI is InChI=1S/C25H26N2O5S/c1-4-31-18-9-7-17(8-10-18)25(29)15-33-24-20(14-26)19(13-23(28)27(24)25)16-6-11-21(32-5-2)22(12-16)30-3/h6-12,19,29H,4-5,13,15H2,1-3H3/t19-,25+/m0/s1. The van der Waals surface area contributed by atoms with Gasteiger partial charge in [-0.15, -0.1) is 11.8 Å². The number of amides is 1. The predicted molar refractivity (Wildman–Crippen MR) is 125 cm³/mol. The van der Waals surface area contributed by atoms with E-state index in [1.165, 1.54) is 16.7 Å². The lowest BCUT2D eigenvalue weighted by molar-refractivity contribution is -0.149. The van der Waals surface area contributed by atoms with Crippen LogP contribution in [0.25, 0.3) is 0 Å². The third-order valence-corrected chi connectivity index (χ3v) is 7.05. The Morgan fingerprint density at radius 2 is 1.88 bits per heavy atom. The highest BCUT2D eigenvalue weighted by Crippen LogP contribution is 2.52. The molecule has 0 radical (unpaired) electrons. The molecule has 4 rings (SSSR count). The van der Waals surface area contributed by atoms with Gasteiger partial charge < -0.3 is 19.3 Å². The average Bonchev–Trinajstić information content (AvgIpc) is 3.19. The van der Waals surface area contributed by atoms with Gasteiger partial charge in [-0.1, -0.05) is 18.2 Å². The SMILES string of the molecule is CCOc1ccc([C@]2(O)CSC3=C(C#N)[C@H](c4ccc(OCC)c(OC)c4)CC(=O)N32)cc1. The van der Waals surface area contributed by atoms with Gasteiger partial charge in [0.25, 0.3) is 0 Å². The molecule has 0 aliphatic carbocycles. The molecule has 1 N–H and O–H groups in total. The number of nitrogens with zero attached hydrogens (tertiary/aromatic N) is 2. The lowest BCUT2D eigenvalue weighted by atomic mass is 9.85. The van der Waals surface area contributed by atoms with Crippen molar-refractivity contribution in [2.45, 2.75) is 31.9 Å². The van der Waals surface area contributed by atoms with Gasteiger partial charge in [-0.2, -0.15) is 5.26 Å². The van der Waals surface area contributed by atoms with E-state index in [2.05, 4.69) is 6.07 Å². The molecule has 0 bridgehead atoms. The highest BCUT2D eigenvalue weighted by atomic mass is 32.2. The second kappa shape index (κ2) is 9.38. The summed E-state index contributed by atoms with van der Waals surface area (Å²) >= 11 is 1.32. The van der Waals surface area contributed by atoms with Crippen LogP contribution in [-0.4, -0.2) is 42.0 Å². The van der Waals surface area contributed by atoms with Gasteiger partial charge in [0.2, 0.25) is 5.91 Å². The van der Waals surface area contributed by atoms with Gasteiger partial charge >= 0.3 is 0 Å². The highest BCUT2D eigenvalue weighted by Gasteiger charge is 2.51. The fraction of sp³-hybridized carbons (Fsp3) is 0.360. The van der Waals surface area contributed by atoms with Crippen molar-refractivity contribution in [1.29, 1.82) is 5.26 Å². The topological polar surface area (TPSA) is 92.0 Å². The first-order chi connectivity index (χ1) is 16.0. The summed E-state index contributed by atoms with van der Waals surface area (Å²) in [6.45, 7) is 4.84. The van der Waals surface area contributed by atoms with Crippen LogP contribution in [0.15, 0.2) is 53.1 Å². The molecular formula is C25H26N2O5S. The zero-order valence-electron chi connectivity index (χ0n) is 18.8. The largest absolute Gasteiger partial charge is 0.494 e. The van der Waals surface area contributed by atoms with Crippen LogP contribution in [0.4, 0.5) is 0 Å². The molecule has 2 aliphatic heterocycles. The van der Waals surface area contributed by atoms with Crippen molar-refractivity contribution in [1.82, 2.24) is 4.90 Å². The average molecular weight is 467 g/mol. The van der Waals surface area contributed by atoms with Crippen LogP contribution < -0.4 is 14.2 Å². The lowest BCUT2D eigenvalue weighted by Crippen LogP contribution is -2.48. The molecule has 2 aliphatic rings. The van der Waals surface area contributed by atoms with Crippen LogP contribution in [0.5, 0.6) is 17.2 Å². The maximum Gasteiger partial charge on any atom is 0.231 e. The molecule has 2 aromatic carbocycles. The summed E-state index contributed by atoms with van der Waals surface area (Å²) in [5.41, 5.74) is 0.322. The molecule has 172 valence electrons. The maximum absolute atomic E-state index is 13.3. The molecule has 1 amide bonds. The third-order valence-electron chi connectivity index (χ3n) is 5.83. The van der Waals surface area contributed by atoms with Crippen molar-refractivity contribution in [2.24, 2.45) is 0 Å². The number of hydrogen-bond donors (Lipinski definition) is 1. The number of fused-ring (bicyclic) bond motifs is 1. The molecule has 2 heterocycles. The Hall–Kier alpha value is -3.15. The number of aliphatic hydroxyl groups is 1. The molecule has 8 heteroatoms. The molecule has 0 saturated carbocycles. The second-order valence-corrected chi connectivity index (χ2v) is 8.69. The number of allylic oxidation sites excluding steroid dienone is 1. The summed E-state index contributed by atoms with van der Waals surface area (Å²) < 4.78 is 16.5. The van der Waals surface area contributed by atoms with E-state index >= 15 is 0 Å². The number of carbonyl (C=O) groups is 1. The lowest BCUT2D eigenvalue weighted by Gasteiger charge is -2.38. The van der Waals surface area contributed by atoms with Crippen molar-refractivity contribution in [3.8, 4) is 23.3 Å². The Morgan fingerprint density at radius 1 is 1.15 bits per heavy atom. The molecular weight excluding hydrogens is 440 g/mol. The fourth-order valence-electron chi connectivity index (χ4n) is 4.28. The van der Waals surface area contributed by atoms with Gasteiger partial charge in [0, 0.05) is 17.9 Å². The minimum atomic E-state index is -1.52. The minimum Gasteiger partial charge on any atom is -0.494 e. The number of hydrogen-bond acceptors (Lipinski definition) is 7. The molecule has 0 unspecified atom stereocenters. The van der Waals surface area contributed by atoms with Gasteiger partial charge in [-0.3, -0.25) is 9.69 Å². The number of thioether (sulfide) groups is 1. The Morgan fingerprint density at radius 3 is 2.52 bits per heavy atom. The number of rotatable bonds is 7. The molecule has 0 aromatic heterocycles. The third kappa shape index (κ3) is 4.03. The van der Waals surface area contributed by atoms with E-state index in [0.717, 1.165) is 5.56 Å². The van der Waals surface area contributed by atoms with Gasteiger partial charge in [0.15, 0.2) is 17.2 Å². The van der Waals surface area contributed by atoms with Gasteiger partial charge in [-0.05, 0) is 43.7 Å². The number of nitriles is 1. The van der Waals surface area contributed by atoms with E-state index in [4.69, 9.17) is 14.2 Å². The van der Waals surface area contributed by atoms with E-state index in [1.54, 1.807) is 37.4 Å². The van der Waals surface area contributed by atoms with E-state index in [1.807, 2.05) is 26.0 Å². The first-order valence-corrected chi connectivity index (χ1v) is 11.8. The summed E-state index contributed by atoms with van der Waals surface area (Å²) in [6, 6.07) is 14.8. The summed E-state index contributed by atoms with van der Waals surface area (Å²) in [4.78, 5) is 14.7. The van der Waals surface area contributed by atoms with Crippen LogP contribution in [-0.2, 0) is 10.5 Å². The van der Waals surface area contributed by atoms with Crippen molar-refractivity contribution in [2.75, 3.05) is 26.1 Å². The highest BCUT2D eigenvalue weighted by molar-refractivity contribution is 8.03. The van der Waals surface area contributed by atoms with Crippen molar-refractivity contribution >= 4 is 17.7 Å². The molecule has 0 spiro atoms. The molecule has 33 heavy (non-hydrogen) atoms. The zero-order valence-corrected chi connectivity index (χ0v) is 19.6. The number of methoxy groups -OCH3 is 1. The van der Waals surface area contributed by atoms with E-state index in [-0.39, 0.29) is 18.1 Å². The number of carbonyl (C=O) groups excluding carboxylic acids is 1. The van der Waals surface area contributed by atoms with Gasteiger partial charge in [0.1, 0.15) is 5.75 Å². The van der Waals surface area contributed by atoms with Gasteiger partial charge in [-0.25, -0.2) is 0 Å². The van der Waals surface area contributed by atoms with Crippen LogP contribution in [0.2, 0.25) is 0 Å². The second-order valence-electron chi connectivity index (χ2n) is 7.72. The Balaban J connectivity index is 1.72. The number of benzene rings is 2. The Labute approximate surface area is 197 Å². The summed E-state index contributed by atoms with van der Waals surface area (Å²) in [5.74, 6) is 1.44. The Kier molecular flexibility index (Phi) is 6.54. The monoisotopic (exact) mass is 466 g/mol. The first kappa shape index (κ1) is 23.0. The van der Waals surface area contributed by atoms with Crippen molar-refractivity contribution in [3.63, 3.8) is 0 Å². The summed E-state index contributed by atoms with van der Waals surface area (Å²) in [7, 11) is 1.56. The van der Waals surface area contributed by atoms with Crippen LogP contribution in [0.1, 0.15) is 37.3 Å².